The Kier molecular flexibility index (Phi) is 4.23. The number of benzene rings is 1. The molecule has 0 bridgehead atoms. The predicted octanol–water partition coefficient (Wildman–Crippen LogP) is 3.00. The van der Waals surface area contributed by atoms with E-state index in [0.29, 0.717) is 17.1 Å². The highest BCUT2D eigenvalue weighted by atomic mass is 35.5. The molecule has 0 spiro atoms. The third-order valence-electron chi connectivity index (χ3n) is 3.05. The molecule has 0 aliphatic rings. The van der Waals surface area contributed by atoms with E-state index in [-0.39, 0.29) is 5.54 Å². The first-order valence-corrected chi connectivity index (χ1v) is 7.02. The van der Waals surface area contributed by atoms with Crippen molar-refractivity contribution in [2.75, 3.05) is 5.32 Å². The number of anilines is 1. The molecule has 5 nitrogen and oxygen atoms in total. The van der Waals surface area contributed by atoms with Gasteiger partial charge in [-0.3, -0.25) is 9.48 Å². The van der Waals surface area contributed by atoms with E-state index in [1.807, 2.05) is 17.1 Å². The molecule has 6 heteroatoms. The van der Waals surface area contributed by atoms with Gasteiger partial charge in [-0.1, -0.05) is 11.6 Å². The molecule has 0 saturated heterocycles. The maximum Gasteiger partial charge on any atom is 0.250 e. The second kappa shape index (κ2) is 5.77. The Morgan fingerprint density at radius 1 is 1.43 bits per heavy atom. The topological polar surface area (TPSA) is 72.9 Å². The van der Waals surface area contributed by atoms with Gasteiger partial charge in [-0.15, -0.1) is 0 Å². The summed E-state index contributed by atoms with van der Waals surface area (Å²) < 4.78 is 1.92. The van der Waals surface area contributed by atoms with Gasteiger partial charge < -0.3 is 11.1 Å². The molecule has 0 fully saturated rings. The van der Waals surface area contributed by atoms with Crippen molar-refractivity contribution < 1.29 is 4.79 Å². The fraction of sp³-hybridized carbons (Fsp3) is 0.333. The maximum absolute atomic E-state index is 11.1. The van der Waals surface area contributed by atoms with E-state index >= 15 is 0 Å². The smallest absolute Gasteiger partial charge is 0.250 e. The Bertz CT molecular complexity index is 658. The van der Waals surface area contributed by atoms with Crippen LogP contribution >= 0.6 is 11.6 Å². The van der Waals surface area contributed by atoms with Crippen LogP contribution in [0.1, 0.15) is 36.7 Å². The number of rotatable bonds is 4. The zero-order valence-electron chi connectivity index (χ0n) is 12.4. The standard InChI is InChI=1S/C15H19ClN4O/c1-15(2,3)20-9-10(8-19-20)7-18-11-4-5-12(14(17)21)13(16)6-11/h4-6,8-9,18H,7H2,1-3H3,(H2,17,21). The van der Waals surface area contributed by atoms with Crippen LogP contribution in [-0.2, 0) is 12.1 Å². The summed E-state index contributed by atoms with van der Waals surface area (Å²) in [4.78, 5) is 11.1. The summed E-state index contributed by atoms with van der Waals surface area (Å²) in [7, 11) is 0. The first-order chi connectivity index (χ1) is 9.77. The summed E-state index contributed by atoms with van der Waals surface area (Å²) in [5.74, 6) is -0.530. The van der Waals surface area contributed by atoms with Gasteiger partial charge in [-0.25, -0.2) is 0 Å². The summed E-state index contributed by atoms with van der Waals surface area (Å²) in [5.41, 5.74) is 7.40. The molecule has 0 aliphatic carbocycles. The number of halogens is 1. The minimum Gasteiger partial charge on any atom is -0.381 e. The Balaban J connectivity index is 2.05. The van der Waals surface area contributed by atoms with E-state index in [1.54, 1.807) is 18.2 Å². The molecule has 0 saturated carbocycles. The SMILES string of the molecule is CC(C)(C)n1cc(CNc2ccc(C(N)=O)c(Cl)c2)cn1. The molecule has 21 heavy (non-hydrogen) atoms. The summed E-state index contributed by atoms with van der Waals surface area (Å²) in [6.07, 6.45) is 3.84. The molecule has 1 amide bonds. The van der Waals surface area contributed by atoms with Crippen LogP contribution in [0.5, 0.6) is 0 Å². The van der Waals surface area contributed by atoms with Crippen molar-refractivity contribution in [1.82, 2.24) is 9.78 Å². The van der Waals surface area contributed by atoms with Crippen LogP contribution in [0.25, 0.3) is 0 Å². The monoisotopic (exact) mass is 306 g/mol. The van der Waals surface area contributed by atoms with Gasteiger partial charge >= 0.3 is 0 Å². The first-order valence-electron chi connectivity index (χ1n) is 6.64. The predicted molar refractivity (Wildman–Crippen MR) is 84.5 cm³/mol. The minimum absolute atomic E-state index is 0.0370. The van der Waals surface area contributed by atoms with Gasteiger partial charge in [0.2, 0.25) is 5.91 Å². The Morgan fingerprint density at radius 3 is 2.67 bits per heavy atom. The first kappa shape index (κ1) is 15.4. The lowest BCUT2D eigenvalue weighted by molar-refractivity contribution is 0.100. The lowest BCUT2D eigenvalue weighted by atomic mass is 10.1. The number of hydrogen-bond donors (Lipinski definition) is 2. The molecule has 0 atom stereocenters. The van der Waals surface area contributed by atoms with E-state index in [2.05, 4.69) is 31.2 Å². The quantitative estimate of drug-likeness (QED) is 0.912. The lowest BCUT2D eigenvalue weighted by Gasteiger charge is -2.18. The zero-order valence-corrected chi connectivity index (χ0v) is 13.1. The van der Waals surface area contributed by atoms with Crippen molar-refractivity contribution in [1.29, 1.82) is 0 Å². The molecule has 0 radical (unpaired) electrons. The number of nitrogens with one attached hydrogen (secondary N) is 1. The van der Waals surface area contributed by atoms with Crippen LogP contribution in [0.3, 0.4) is 0 Å². The van der Waals surface area contributed by atoms with E-state index in [0.717, 1.165) is 11.3 Å². The summed E-state index contributed by atoms with van der Waals surface area (Å²) >= 11 is 6.01. The maximum atomic E-state index is 11.1. The number of nitrogens with two attached hydrogens (primary N) is 1. The van der Waals surface area contributed by atoms with Gasteiger partial charge in [0.05, 0.1) is 22.3 Å². The number of nitrogens with zero attached hydrogens (tertiary/aromatic N) is 2. The number of amides is 1. The molecule has 0 aliphatic heterocycles. The minimum atomic E-state index is -0.530. The van der Waals surface area contributed by atoms with Crippen LogP contribution in [0.4, 0.5) is 5.69 Å². The fourth-order valence-corrected chi connectivity index (χ4v) is 2.12. The average molecular weight is 307 g/mol. The van der Waals surface area contributed by atoms with Crippen molar-refractivity contribution >= 4 is 23.2 Å². The molecule has 112 valence electrons. The molecular formula is C15H19ClN4O. The number of carbonyl (C=O) groups excluding carboxylic acids is 1. The zero-order chi connectivity index (χ0) is 15.6. The second-order valence-corrected chi connectivity index (χ2v) is 6.28. The summed E-state index contributed by atoms with van der Waals surface area (Å²) in [5, 5.41) is 7.93. The van der Waals surface area contributed by atoms with Crippen LogP contribution in [0.2, 0.25) is 5.02 Å². The van der Waals surface area contributed by atoms with E-state index in [4.69, 9.17) is 17.3 Å². The largest absolute Gasteiger partial charge is 0.381 e. The Hall–Kier alpha value is -2.01. The molecule has 0 unspecified atom stereocenters. The number of primary amides is 1. The number of hydrogen-bond acceptors (Lipinski definition) is 3. The highest BCUT2D eigenvalue weighted by Crippen LogP contribution is 2.21. The third-order valence-corrected chi connectivity index (χ3v) is 3.37. The fourth-order valence-electron chi connectivity index (χ4n) is 1.85. The van der Waals surface area contributed by atoms with Crippen molar-refractivity contribution in [2.24, 2.45) is 5.73 Å². The molecule has 2 aromatic rings. The van der Waals surface area contributed by atoms with Crippen LogP contribution in [0.15, 0.2) is 30.6 Å². The van der Waals surface area contributed by atoms with Gasteiger partial charge in [-0.2, -0.15) is 5.10 Å². The molecule has 1 aromatic carbocycles. The average Bonchev–Trinajstić information content (AvgIpc) is 2.84. The van der Waals surface area contributed by atoms with Crippen molar-refractivity contribution in [3.63, 3.8) is 0 Å². The van der Waals surface area contributed by atoms with Gasteiger partial charge in [0.15, 0.2) is 0 Å². The number of carbonyl (C=O) groups is 1. The van der Waals surface area contributed by atoms with E-state index in [1.165, 1.54) is 0 Å². The Morgan fingerprint density at radius 2 is 2.14 bits per heavy atom. The molecular weight excluding hydrogens is 288 g/mol. The molecule has 2 rings (SSSR count). The van der Waals surface area contributed by atoms with Crippen LogP contribution < -0.4 is 11.1 Å². The summed E-state index contributed by atoms with van der Waals surface area (Å²) in [6, 6.07) is 5.08. The number of aromatic nitrogens is 2. The van der Waals surface area contributed by atoms with Crippen LogP contribution in [0, 0.1) is 0 Å². The highest BCUT2D eigenvalue weighted by Gasteiger charge is 2.13. The van der Waals surface area contributed by atoms with E-state index < -0.39 is 5.91 Å². The second-order valence-electron chi connectivity index (χ2n) is 5.88. The van der Waals surface area contributed by atoms with Gasteiger partial charge in [-0.05, 0) is 39.0 Å². The molecule has 1 aromatic heterocycles. The highest BCUT2D eigenvalue weighted by molar-refractivity contribution is 6.34. The van der Waals surface area contributed by atoms with Crippen molar-refractivity contribution in [3.05, 3.63) is 46.7 Å². The normalized spacial score (nSPS) is 11.4. The molecule has 1 heterocycles. The third kappa shape index (κ3) is 3.76. The van der Waals surface area contributed by atoms with E-state index in [9.17, 15) is 4.79 Å². The van der Waals surface area contributed by atoms with Gasteiger partial charge in [0.25, 0.3) is 0 Å². The molecule has 3 N–H and O–H groups in total. The Labute approximate surface area is 129 Å². The van der Waals surface area contributed by atoms with Crippen molar-refractivity contribution in [2.45, 2.75) is 32.9 Å². The van der Waals surface area contributed by atoms with Gasteiger partial charge in [0.1, 0.15) is 0 Å². The van der Waals surface area contributed by atoms with Crippen molar-refractivity contribution in [3.8, 4) is 0 Å². The van der Waals surface area contributed by atoms with Gasteiger partial charge in [0, 0.05) is 24.0 Å². The lowest BCUT2D eigenvalue weighted by Crippen LogP contribution is -2.21. The van der Waals surface area contributed by atoms with Crippen LogP contribution in [-0.4, -0.2) is 15.7 Å². The summed E-state index contributed by atoms with van der Waals surface area (Å²) in [6.45, 7) is 6.92.